The lowest BCUT2D eigenvalue weighted by Gasteiger charge is -2.11. The molecule has 0 heterocycles. The molecule has 0 saturated carbocycles. The Balaban J connectivity index is 2.15. The summed E-state index contributed by atoms with van der Waals surface area (Å²) in [5.74, 6) is -0.201. The Bertz CT molecular complexity index is 557. The lowest BCUT2D eigenvalue weighted by atomic mass is 10.2. The summed E-state index contributed by atoms with van der Waals surface area (Å²) in [6, 6.07) is 12.9. The van der Waals surface area contributed by atoms with Crippen LogP contribution in [0.3, 0.4) is 0 Å². The molecule has 2 aromatic carbocycles. The maximum absolute atomic E-state index is 12.9. The van der Waals surface area contributed by atoms with Gasteiger partial charge < -0.3 is 5.32 Å². The van der Waals surface area contributed by atoms with Crippen molar-refractivity contribution < 1.29 is 4.39 Å². The van der Waals surface area contributed by atoms with Crippen LogP contribution in [0.25, 0.3) is 0 Å². The molecule has 20 heavy (non-hydrogen) atoms. The molecule has 4 heteroatoms. The summed E-state index contributed by atoms with van der Waals surface area (Å²) in [4.78, 5) is 2.23. The molecular weight excluding hydrogens is 337 g/mol. The van der Waals surface area contributed by atoms with Gasteiger partial charge in [0.1, 0.15) is 5.82 Å². The number of halogens is 2. The predicted octanol–water partition coefficient (Wildman–Crippen LogP) is 5.24. The first-order valence-corrected chi connectivity index (χ1v) is 8.22. The molecule has 0 aliphatic carbocycles. The van der Waals surface area contributed by atoms with E-state index in [9.17, 15) is 4.39 Å². The lowest BCUT2D eigenvalue weighted by Crippen LogP contribution is -2.14. The van der Waals surface area contributed by atoms with E-state index in [1.165, 1.54) is 22.6 Å². The van der Waals surface area contributed by atoms with Crippen molar-refractivity contribution in [3.63, 3.8) is 0 Å². The Hall–Kier alpha value is -0.840. The highest BCUT2D eigenvalue weighted by molar-refractivity contribution is 9.10. The zero-order valence-electron chi connectivity index (χ0n) is 11.3. The number of hydrogen-bond acceptors (Lipinski definition) is 2. The number of nitrogens with one attached hydrogen (secondary N) is 1. The van der Waals surface area contributed by atoms with E-state index in [4.69, 9.17) is 0 Å². The average Bonchev–Trinajstić information content (AvgIpc) is 2.44. The number of benzene rings is 2. The van der Waals surface area contributed by atoms with Gasteiger partial charge in [-0.15, -0.1) is 0 Å². The summed E-state index contributed by atoms with van der Waals surface area (Å²) in [6.07, 6.45) is 1.12. The van der Waals surface area contributed by atoms with Gasteiger partial charge in [0.2, 0.25) is 0 Å². The predicted molar refractivity (Wildman–Crippen MR) is 86.7 cm³/mol. The third-order valence-corrected chi connectivity index (χ3v) is 4.41. The van der Waals surface area contributed by atoms with Crippen LogP contribution in [0.1, 0.15) is 18.9 Å². The normalized spacial score (nSPS) is 10.8. The fourth-order valence-corrected chi connectivity index (χ4v) is 3.29. The second-order valence-electron chi connectivity index (χ2n) is 4.48. The molecule has 0 atom stereocenters. The van der Waals surface area contributed by atoms with Crippen LogP contribution in [0.4, 0.5) is 4.39 Å². The molecule has 0 saturated heterocycles. The summed E-state index contributed by atoms with van der Waals surface area (Å²) in [7, 11) is 0. The summed E-state index contributed by atoms with van der Waals surface area (Å²) >= 11 is 5.17. The molecule has 0 bridgehead atoms. The van der Waals surface area contributed by atoms with Crippen LogP contribution in [-0.4, -0.2) is 6.54 Å². The molecule has 0 spiro atoms. The minimum atomic E-state index is -0.201. The molecular formula is C16H17BrFNS. The maximum atomic E-state index is 12.9. The molecule has 0 fully saturated rings. The van der Waals surface area contributed by atoms with Gasteiger partial charge in [0, 0.05) is 20.8 Å². The largest absolute Gasteiger partial charge is 0.313 e. The van der Waals surface area contributed by atoms with Gasteiger partial charge in [-0.05, 0) is 54.9 Å². The van der Waals surface area contributed by atoms with Crippen LogP contribution in [-0.2, 0) is 6.54 Å². The van der Waals surface area contributed by atoms with Crippen LogP contribution < -0.4 is 5.32 Å². The summed E-state index contributed by atoms with van der Waals surface area (Å²) < 4.78 is 14.0. The summed E-state index contributed by atoms with van der Waals surface area (Å²) in [5, 5.41) is 3.42. The Morgan fingerprint density at radius 2 is 1.90 bits per heavy atom. The molecule has 0 unspecified atom stereocenters. The Morgan fingerprint density at radius 3 is 2.60 bits per heavy atom. The highest BCUT2D eigenvalue weighted by atomic mass is 79.9. The van der Waals surface area contributed by atoms with E-state index < -0.39 is 0 Å². The van der Waals surface area contributed by atoms with Crippen LogP contribution in [0.15, 0.2) is 56.7 Å². The first-order valence-electron chi connectivity index (χ1n) is 6.61. The first kappa shape index (κ1) is 15.5. The summed E-state index contributed by atoms with van der Waals surface area (Å²) in [5.41, 5.74) is 1.26. The highest BCUT2D eigenvalue weighted by Gasteiger charge is 2.06. The van der Waals surface area contributed by atoms with Gasteiger partial charge in [-0.3, -0.25) is 0 Å². The fourth-order valence-electron chi connectivity index (χ4n) is 1.80. The zero-order chi connectivity index (χ0) is 14.4. The standard InChI is InChI=1S/C16H17BrFNS/c1-2-9-19-11-12-3-4-13(17)10-16(12)20-15-7-5-14(18)6-8-15/h3-8,10,19H,2,9,11H2,1H3. The molecule has 2 aromatic rings. The zero-order valence-corrected chi connectivity index (χ0v) is 13.7. The second-order valence-corrected chi connectivity index (χ2v) is 6.52. The molecule has 1 N–H and O–H groups in total. The number of rotatable bonds is 6. The van der Waals surface area contributed by atoms with Gasteiger partial charge in [-0.2, -0.15) is 0 Å². The molecule has 2 rings (SSSR count). The molecule has 0 aliphatic heterocycles. The van der Waals surface area contributed by atoms with Gasteiger partial charge >= 0.3 is 0 Å². The Morgan fingerprint density at radius 1 is 1.15 bits per heavy atom. The molecule has 106 valence electrons. The minimum Gasteiger partial charge on any atom is -0.313 e. The molecule has 0 amide bonds. The molecule has 0 aromatic heterocycles. The van der Waals surface area contributed by atoms with Gasteiger partial charge in [-0.1, -0.05) is 40.7 Å². The van der Waals surface area contributed by atoms with Crippen molar-refractivity contribution in [3.05, 3.63) is 58.3 Å². The van der Waals surface area contributed by atoms with Gasteiger partial charge in [0.05, 0.1) is 0 Å². The van der Waals surface area contributed by atoms with Crippen molar-refractivity contribution in [1.82, 2.24) is 5.32 Å². The maximum Gasteiger partial charge on any atom is 0.123 e. The van der Waals surface area contributed by atoms with Crippen LogP contribution in [0.5, 0.6) is 0 Å². The molecule has 0 radical (unpaired) electrons. The first-order chi connectivity index (χ1) is 9.69. The van der Waals surface area contributed by atoms with E-state index in [2.05, 4.69) is 46.4 Å². The lowest BCUT2D eigenvalue weighted by molar-refractivity contribution is 0.626. The van der Waals surface area contributed by atoms with Crippen molar-refractivity contribution in [2.75, 3.05) is 6.54 Å². The Kier molecular flexibility index (Phi) is 6.07. The van der Waals surface area contributed by atoms with Crippen LogP contribution in [0, 0.1) is 5.82 Å². The topological polar surface area (TPSA) is 12.0 Å². The van der Waals surface area contributed by atoms with E-state index in [-0.39, 0.29) is 5.82 Å². The van der Waals surface area contributed by atoms with E-state index >= 15 is 0 Å². The van der Waals surface area contributed by atoms with E-state index in [0.717, 1.165) is 28.9 Å². The monoisotopic (exact) mass is 353 g/mol. The van der Waals surface area contributed by atoms with Crippen LogP contribution in [0.2, 0.25) is 0 Å². The smallest absolute Gasteiger partial charge is 0.123 e. The molecule has 0 aliphatic rings. The van der Waals surface area contributed by atoms with Crippen molar-refractivity contribution >= 4 is 27.7 Å². The van der Waals surface area contributed by atoms with Crippen molar-refractivity contribution in [2.45, 2.75) is 29.7 Å². The van der Waals surface area contributed by atoms with E-state index in [1.54, 1.807) is 11.8 Å². The second kappa shape index (κ2) is 7.81. The van der Waals surface area contributed by atoms with Crippen molar-refractivity contribution in [2.24, 2.45) is 0 Å². The minimum absolute atomic E-state index is 0.201. The van der Waals surface area contributed by atoms with Crippen LogP contribution >= 0.6 is 27.7 Å². The summed E-state index contributed by atoms with van der Waals surface area (Å²) in [6.45, 7) is 4.02. The van der Waals surface area contributed by atoms with E-state index in [0.29, 0.717) is 0 Å². The average molecular weight is 354 g/mol. The Labute approximate surface area is 132 Å². The fraction of sp³-hybridized carbons (Fsp3) is 0.250. The van der Waals surface area contributed by atoms with E-state index in [1.807, 2.05) is 12.1 Å². The highest BCUT2D eigenvalue weighted by Crippen LogP contribution is 2.32. The van der Waals surface area contributed by atoms with Gasteiger partial charge in [-0.25, -0.2) is 4.39 Å². The number of hydrogen-bond donors (Lipinski definition) is 1. The molecule has 1 nitrogen and oxygen atoms in total. The third kappa shape index (κ3) is 4.62. The van der Waals surface area contributed by atoms with Gasteiger partial charge in [0.15, 0.2) is 0 Å². The van der Waals surface area contributed by atoms with Gasteiger partial charge in [0.25, 0.3) is 0 Å². The van der Waals surface area contributed by atoms with Crippen molar-refractivity contribution in [3.8, 4) is 0 Å². The third-order valence-electron chi connectivity index (χ3n) is 2.81. The SMILES string of the molecule is CCCNCc1ccc(Br)cc1Sc1ccc(F)cc1. The van der Waals surface area contributed by atoms with Crippen molar-refractivity contribution in [1.29, 1.82) is 0 Å². The quantitative estimate of drug-likeness (QED) is 0.712.